The van der Waals surface area contributed by atoms with Gasteiger partial charge in [0.05, 0.1) is 0 Å². The van der Waals surface area contributed by atoms with Crippen molar-refractivity contribution in [2.45, 2.75) is 45.4 Å². The minimum atomic E-state index is -0.753. The van der Waals surface area contributed by atoms with Crippen molar-refractivity contribution < 1.29 is 19.4 Å². The Bertz CT molecular complexity index is 287. The number of ether oxygens (including phenoxy) is 1. The van der Waals surface area contributed by atoms with Gasteiger partial charge in [0.1, 0.15) is 0 Å². The minimum absolute atomic E-state index is 0.0444. The molecule has 0 saturated carbocycles. The van der Waals surface area contributed by atoms with Gasteiger partial charge >= 0.3 is 5.97 Å². The normalized spacial score (nSPS) is 17.9. The first-order valence-electron chi connectivity index (χ1n) is 7.18. The van der Waals surface area contributed by atoms with E-state index in [9.17, 15) is 9.59 Å². The summed E-state index contributed by atoms with van der Waals surface area (Å²) in [6.45, 7) is 4.15. The average molecular weight is 271 g/mol. The summed E-state index contributed by atoms with van der Waals surface area (Å²) < 4.78 is 5.29. The van der Waals surface area contributed by atoms with Crippen LogP contribution in [0.15, 0.2) is 0 Å². The molecule has 19 heavy (non-hydrogen) atoms. The monoisotopic (exact) mass is 271 g/mol. The largest absolute Gasteiger partial charge is 0.481 e. The predicted octanol–water partition coefficient (Wildman–Crippen LogP) is 1.81. The standard InChI is InChI=1S/C14H25NO4/c1-11(12-6-9-19-10-7-12)14(18)15-8-4-2-3-5-13(16)17/h11-12H,2-10H2,1H3,(H,15,18)(H,16,17). The van der Waals surface area contributed by atoms with E-state index in [4.69, 9.17) is 9.84 Å². The molecule has 1 fully saturated rings. The molecule has 0 radical (unpaired) electrons. The van der Waals surface area contributed by atoms with Crippen molar-refractivity contribution in [2.24, 2.45) is 11.8 Å². The zero-order valence-corrected chi connectivity index (χ0v) is 11.7. The van der Waals surface area contributed by atoms with Crippen LogP contribution in [0.1, 0.15) is 45.4 Å². The first-order chi connectivity index (χ1) is 9.11. The fourth-order valence-electron chi connectivity index (χ4n) is 2.38. The first kappa shape index (κ1) is 16.0. The number of carbonyl (C=O) groups is 2. The summed E-state index contributed by atoms with van der Waals surface area (Å²) in [4.78, 5) is 22.3. The molecular formula is C14H25NO4. The van der Waals surface area contributed by atoms with Gasteiger partial charge in [-0.15, -0.1) is 0 Å². The van der Waals surface area contributed by atoms with Crippen molar-refractivity contribution in [3.63, 3.8) is 0 Å². The van der Waals surface area contributed by atoms with Crippen molar-refractivity contribution >= 4 is 11.9 Å². The second kappa shape index (κ2) is 8.91. The zero-order valence-electron chi connectivity index (χ0n) is 11.7. The fourth-order valence-corrected chi connectivity index (χ4v) is 2.38. The van der Waals surface area contributed by atoms with Crippen LogP contribution in [0.3, 0.4) is 0 Å². The zero-order chi connectivity index (χ0) is 14.1. The molecule has 1 unspecified atom stereocenters. The van der Waals surface area contributed by atoms with Gasteiger partial charge in [-0.25, -0.2) is 0 Å². The van der Waals surface area contributed by atoms with Gasteiger partial charge in [-0.05, 0) is 31.6 Å². The van der Waals surface area contributed by atoms with Crippen molar-refractivity contribution in [3.8, 4) is 0 Å². The molecular weight excluding hydrogens is 246 g/mol. The maximum absolute atomic E-state index is 11.9. The van der Waals surface area contributed by atoms with Crippen LogP contribution in [0.5, 0.6) is 0 Å². The quantitative estimate of drug-likeness (QED) is 0.660. The summed E-state index contributed by atoms with van der Waals surface area (Å²) in [6.07, 6.45) is 4.52. The van der Waals surface area contributed by atoms with Crippen LogP contribution >= 0.6 is 0 Å². The summed E-state index contributed by atoms with van der Waals surface area (Å²) in [5.74, 6) is -0.161. The molecule has 5 nitrogen and oxygen atoms in total. The van der Waals surface area contributed by atoms with Crippen LogP contribution in [0.25, 0.3) is 0 Å². The van der Waals surface area contributed by atoms with Gasteiger partial charge in [0, 0.05) is 32.1 Å². The highest BCUT2D eigenvalue weighted by Crippen LogP contribution is 2.23. The Balaban J connectivity index is 2.07. The lowest BCUT2D eigenvalue weighted by Gasteiger charge is -2.26. The molecule has 1 aliphatic heterocycles. The number of aliphatic carboxylic acids is 1. The fraction of sp³-hybridized carbons (Fsp3) is 0.857. The molecule has 0 aromatic rings. The number of carbonyl (C=O) groups excluding carboxylic acids is 1. The summed E-state index contributed by atoms with van der Waals surface area (Å²) >= 11 is 0. The predicted molar refractivity (Wildman–Crippen MR) is 71.8 cm³/mol. The lowest BCUT2D eigenvalue weighted by atomic mass is 9.87. The second-order valence-corrected chi connectivity index (χ2v) is 5.23. The highest BCUT2D eigenvalue weighted by molar-refractivity contribution is 5.78. The molecule has 1 amide bonds. The maximum atomic E-state index is 11.9. The number of amides is 1. The molecule has 1 atom stereocenters. The summed E-state index contributed by atoms with van der Waals surface area (Å²) in [5.41, 5.74) is 0. The molecule has 0 bridgehead atoms. The molecule has 1 heterocycles. The second-order valence-electron chi connectivity index (χ2n) is 5.23. The summed E-state index contributed by atoms with van der Waals surface area (Å²) in [6, 6.07) is 0. The van der Waals surface area contributed by atoms with Crippen LogP contribution in [0, 0.1) is 11.8 Å². The third-order valence-corrected chi connectivity index (χ3v) is 3.75. The Morgan fingerprint density at radius 1 is 1.26 bits per heavy atom. The van der Waals surface area contributed by atoms with Gasteiger partial charge < -0.3 is 15.2 Å². The highest BCUT2D eigenvalue weighted by Gasteiger charge is 2.25. The highest BCUT2D eigenvalue weighted by atomic mass is 16.5. The Morgan fingerprint density at radius 3 is 2.58 bits per heavy atom. The van der Waals surface area contributed by atoms with Crippen molar-refractivity contribution in [1.82, 2.24) is 5.32 Å². The molecule has 1 saturated heterocycles. The van der Waals surface area contributed by atoms with Crippen molar-refractivity contribution in [1.29, 1.82) is 0 Å². The Labute approximate surface area is 114 Å². The van der Waals surface area contributed by atoms with E-state index in [1.807, 2.05) is 6.92 Å². The van der Waals surface area contributed by atoms with Crippen LogP contribution in [-0.4, -0.2) is 36.7 Å². The van der Waals surface area contributed by atoms with E-state index in [-0.39, 0.29) is 18.2 Å². The van der Waals surface area contributed by atoms with Gasteiger partial charge in [0.25, 0.3) is 0 Å². The SMILES string of the molecule is CC(C(=O)NCCCCCC(=O)O)C1CCOCC1. The molecule has 0 aromatic heterocycles. The van der Waals surface area contributed by atoms with Crippen LogP contribution < -0.4 is 5.32 Å². The van der Waals surface area contributed by atoms with E-state index >= 15 is 0 Å². The topological polar surface area (TPSA) is 75.6 Å². The smallest absolute Gasteiger partial charge is 0.303 e. The lowest BCUT2D eigenvalue weighted by Crippen LogP contribution is -2.36. The van der Waals surface area contributed by atoms with Crippen molar-refractivity contribution in [2.75, 3.05) is 19.8 Å². The average Bonchev–Trinajstić information content (AvgIpc) is 2.42. The number of nitrogens with one attached hydrogen (secondary N) is 1. The van der Waals surface area contributed by atoms with Crippen LogP contribution in [0.4, 0.5) is 0 Å². The molecule has 5 heteroatoms. The third kappa shape index (κ3) is 6.57. The van der Waals surface area contributed by atoms with Crippen molar-refractivity contribution in [3.05, 3.63) is 0 Å². The molecule has 0 aromatic carbocycles. The van der Waals surface area contributed by atoms with E-state index in [2.05, 4.69) is 5.32 Å². The number of hydrogen-bond acceptors (Lipinski definition) is 3. The van der Waals surface area contributed by atoms with Gasteiger partial charge in [-0.1, -0.05) is 13.3 Å². The lowest BCUT2D eigenvalue weighted by molar-refractivity contribution is -0.137. The first-order valence-corrected chi connectivity index (χ1v) is 7.18. The van der Waals surface area contributed by atoms with E-state index in [1.165, 1.54) is 0 Å². The molecule has 1 rings (SSSR count). The van der Waals surface area contributed by atoms with Gasteiger partial charge in [0.2, 0.25) is 5.91 Å². The third-order valence-electron chi connectivity index (χ3n) is 3.75. The summed E-state index contributed by atoms with van der Waals surface area (Å²) in [5, 5.41) is 11.4. The van der Waals surface area contributed by atoms with Gasteiger partial charge in [-0.3, -0.25) is 9.59 Å². The van der Waals surface area contributed by atoms with E-state index in [0.717, 1.165) is 38.9 Å². The summed E-state index contributed by atoms with van der Waals surface area (Å²) in [7, 11) is 0. The van der Waals surface area contributed by atoms with E-state index < -0.39 is 5.97 Å². The van der Waals surface area contributed by atoms with E-state index in [1.54, 1.807) is 0 Å². The molecule has 0 aliphatic carbocycles. The Hall–Kier alpha value is -1.10. The van der Waals surface area contributed by atoms with Crippen LogP contribution in [-0.2, 0) is 14.3 Å². The minimum Gasteiger partial charge on any atom is -0.481 e. The molecule has 0 spiro atoms. The number of carboxylic acid groups (broad SMARTS) is 1. The molecule has 1 aliphatic rings. The van der Waals surface area contributed by atoms with Gasteiger partial charge in [-0.2, -0.15) is 0 Å². The molecule has 2 N–H and O–H groups in total. The number of unbranched alkanes of at least 4 members (excludes halogenated alkanes) is 2. The number of carboxylic acids is 1. The Morgan fingerprint density at radius 2 is 1.95 bits per heavy atom. The Kier molecular flexibility index (Phi) is 7.48. The number of rotatable bonds is 8. The molecule has 110 valence electrons. The van der Waals surface area contributed by atoms with E-state index in [0.29, 0.717) is 18.9 Å². The number of hydrogen-bond donors (Lipinski definition) is 2. The van der Waals surface area contributed by atoms with Gasteiger partial charge in [0.15, 0.2) is 0 Å². The maximum Gasteiger partial charge on any atom is 0.303 e. The van der Waals surface area contributed by atoms with Crippen LogP contribution in [0.2, 0.25) is 0 Å².